The van der Waals surface area contributed by atoms with E-state index in [2.05, 4.69) is 13.2 Å². The summed E-state index contributed by atoms with van der Waals surface area (Å²) < 4.78 is 12.5. The van der Waals surface area contributed by atoms with E-state index in [0.717, 1.165) is 10.8 Å². The van der Waals surface area contributed by atoms with Gasteiger partial charge in [0.25, 0.3) is 5.91 Å². The maximum absolute atomic E-state index is 14.7. The number of rotatable bonds is 13. The highest BCUT2D eigenvalue weighted by atomic mass is 16.6. The van der Waals surface area contributed by atoms with Crippen LogP contribution in [0.5, 0.6) is 0 Å². The molecular formula is C33H40N2O6. The minimum atomic E-state index is -1.14. The number of aliphatic hydroxyl groups is 1. The van der Waals surface area contributed by atoms with E-state index in [-0.39, 0.29) is 38.1 Å². The maximum Gasteiger partial charge on any atom is 0.312 e. The zero-order chi connectivity index (χ0) is 29.2. The lowest BCUT2D eigenvalue weighted by molar-refractivity contribution is -0.160. The molecule has 0 saturated carbocycles. The molecule has 2 bridgehead atoms. The van der Waals surface area contributed by atoms with Crippen LogP contribution in [-0.2, 0) is 23.9 Å². The molecule has 2 amide bonds. The van der Waals surface area contributed by atoms with Crippen molar-refractivity contribution in [1.29, 1.82) is 0 Å². The highest BCUT2D eigenvalue weighted by Gasteiger charge is 2.79. The Balaban J connectivity index is 1.56. The second-order valence-corrected chi connectivity index (χ2v) is 11.3. The molecular weight excluding hydrogens is 520 g/mol. The van der Waals surface area contributed by atoms with Crippen LogP contribution in [0.3, 0.4) is 0 Å². The fourth-order valence-electron chi connectivity index (χ4n) is 7.27. The Bertz CT molecular complexity index is 1340. The first-order valence-corrected chi connectivity index (χ1v) is 14.7. The predicted molar refractivity (Wildman–Crippen MR) is 157 cm³/mol. The molecule has 218 valence electrons. The van der Waals surface area contributed by atoms with E-state index >= 15 is 0 Å². The predicted octanol–water partition coefficient (Wildman–Crippen LogP) is 4.41. The summed E-state index contributed by atoms with van der Waals surface area (Å²) in [5.74, 6) is -2.55. The first-order chi connectivity index (χ1) is 19.9. The van der Waals surface area contributed by atoms with Gasteiger partial charge >= 0.3 is 5.97 Å². The Kier molecular flexibility index (Phi) is 8.34. The monoisotopic (exact) mass is 560 g/mol. The normalized spacial score (nSPS) is 28.1. The fourth-order valence-corrected chi connectivity index (χ4v) is 7.27. The molecule has 2 aromatic carbocycles. The third-order valence-corrected chi connectivity index (χ3v) is 9.16. The van der Waals surface area contributed by atoms with Crippen molar-refractivity contribution >= 4 is 34.2 Å². The minimum Gasteiger partial charge on any atom is -0.465 e. The van der Waals surface area contributed by atoms with Crippen LogP contribution in [0.1, 0.15) is 45.4 Å². The summed E-state index contributed by atoms with van der Waals surface area (Å²) in [6, 6.07) is 12.9. The summed E-state index contributed by atoms with van der Waals surface area (Å²) in [6.45, 7) is 10.3. The van der Waals surface area contributed by atoms with Crippen molar-refractivity contribution in [2.75, 3.05) is 31.2 Å². The largest absolute Gasteiger partial charge is 0.465 e. The molecule has 1 N–H and O–H groups in total. The summed E-state index contributed by atoms with van der Waals surface area (Å²) >= 11 is 0. The van der Waals surface area contributed by atoms with E-state index in [0.29, 0.717) is 44.2 Å². The Morgan fingerprint density at radius 3 is 2.63 bits per heavy atom. The molecule has 3 aliphatic heterocycles. The molecule has 0 radical (unpaired) electrons. The number of anilines is 1. The van der Waals surface area contributed by atoms with Gasteiger partial charge in [0.1, 0.15) is 17.6 Å². The Morgan fingerprint density at radius 2 is 1.93 bits per heavy atom. The molecule has 1 spiro atoms. The number of carbonyl (C=O) groups is 3. The number of amides is 2. The number of nitrogens with zero attached hydrogens (tertiary/aromatic N) is 2. The molecule has 8 heteroatoms. The van der Waals surface area contributed by atoms with Crippen molar-refractivity contribution in [2.24, 2.45) is 11.8 Å². The standard InChI is InChI=1S/C33H40N2O6/c1-4-7-21-40-31(39)27-26-29(37)35(19-10-11-20-36)28(33(26)17-16-32(27,6-3)41-33)30(38)34(18-5-2)25-15-14-23-12-8-9-13-24(23)22-25/h4-5,8-9,12-15,22,26-28,36H,1-2,6-7,10-11,16-21H2,3H3/t26-,27+,28?,32-,33?/m0/s1. The van der Waals surface area contributed by atoms with E-state index in [4.69, 9.17) is 9.47 Å². The smallest absolute Gasteiger partial charge is 0.312 e. The van der Waals surface area contributed by atoms with E-state index in [1.54, 1.807) is 22.0 Å². The number of benzene rings is 2. The van der Waals surface area contributed by atoms with Gasteiger partial charge in [-0.2, -0.15) is 0 Å². The molecule has 0 aromatic heterocycles. The maximum atomic E-state index is 14.7. The van der Waals surface area contributed by atoms with Gasteiger partial charge < -0.3 is 24.4 Å². The summed E-state index contributed by atoms with van der Waals surface area (Å²) in [5, 5.41) is 11.5. The minimum absolute atomic E-state index is 0.0113. The van der Waals surface area contributed by atoms with E-state index in [1.165, 1.54) is 0 Å². The molecule has 0 aliphatic carbocycles. The number of aliphatic hydroxyl groups excluding tert-OH is 1. The third kappa shape index (κ3) is 4.77. The zero-order valence-electron chi connectivity index (χ0n) is 23.8. The van der Waals surface area contributed by atoms with Gasteiger partial charge in [0.05, 0.1) is 18.1 Å². The molecule has 41 heavy (non-hydrogen) atoms. The van der Waals surface area contributed by atoms with Crippen LogP contribution in [0.2, 0.25) is 0 Å². The van der Waals surface area contributed by atoms with Crippen molar-refractivity contribution in [1.82, 2.24) is 4.90 Å². The highest BCUT2D eigenvalue weighted by molar-refractivity contribution is 6.05. The average Bonchev–Trinajstić information content (AvgIpc) is 3.59. The quantitative estimate of drug-likeness (QED) is 0.222. The second-order valence-electron chi connectivity index (χ2n) is 11.3. The van der Waals surface area contributed by atoms with Crippen LogP contribution in [0.15, 0.2) is 67.8 Å². The van der Waals surface area contributed by atoms with Gasteiger partial charge in [-0.3, -0.25) is 14.4 Å². The lowest BCUT2D eigenvalue weighted by Crippen LogP contribution is -2.56. The van der Waals surface area contributed by atoms with Crippen molar-refractivity contribution in [3.63, 3.8) is 0 Å². The molecule has 5 rings (SSSR count). The average molecular weight is 561 g/mol. The molecule has 3 heterocycles. The first-order valence-electron chi connectivity index (χ1n) is 14.7. The van der Waals surface area contributed by atoms with E-state index in [9.17, 15) is 19.5 Å². The van der Waals surface area contributed by atoms with E-state index in [1.807, 2.05) is 49.4 Å². The second kappa shape index (κ2) is 11.8. The van der Waals surface area contributed by atoms with Crippen molar-refractivity contribution in [2.45, 2.75) is 62.7 Å². The van der Waals surface area contributed by atoms with Crippen molar-refractivity contribution in [3.05, 3.63) is 67.8 Å². The van der Waals surface area contributed by atoms with Crippen LogP contribution in [0.4, 0.5) is 5.69 Å². The number of esters is 1. The molecule has 3 fully saturated rings. The number of likely N-dealkylation sites (tertiary alicyclic amines) is 1. The number of hydrogen-bond acceptors (Lipinski definition) is 6. The summed E-state index contributed by atoms with van der Waals surface area (Å²) in [7, 11) is 0. The zero-order valence-corrected chi connectivity index (χ0v) is 23.8. The number of hydrogen-bond donors (Lipinski definition) is 1. The summed E-state index contributed by atoms with van der Waals surface area (Å²) in [5.41, 5.74) is -1.29. The van der Waals surface area contributed by atoms with Gasteiger partial charge in [0.15, 0.2) is 0 Å². The van der Waals surface area contributed by atoms with Crippen molar-refractivity contribution in [3.8, 4) is 0 Å². The molecule has 2 unspecified atom stereocenters. The summed E-state index contributed by atoms with van der Waals surface area (Å²) in [4.78, 5) is 45.7. The van der Waals surface area contributed by atoms with Crippen LogP contribution in [0.25, 0.3) is 10.8 Å². The van der Waals surface area contributed by atoms with Gasteiger partial charge in [0, 0.05) is 25.4 Å². The Hall–Kier alpha value is -3.49. The van der Waals surface area contributed by atoms with E-state index < -0.39 is 35.0 Å². The van der Waals surface area contributed by atoms with Gasteiger partial charge in [-0.15, -0.1) is 13.2 Å². The van der Waals surface area contributed by atoms with Crippen LogP contribution < -0.4 is 4.90 Å². The topological polar surface area (TPSA) is 96.4 Å². The first kappa shape index (κ1) is 29.0. The lowest BCUT2D eigenvalue weighted by atomic mass is 9.65. The number of unbranched alkanes of at least 4 members (excludes halogenated alkanes) is 1. The fraction of sp³-hybridized carbons (Fsp3) is 0.485. The SMILES string of the molecule is C=CCCOC(=O)[C@H]1[C@H]2C(=O)N(CCCCO)C(C(=O)N(CC=C)c3ccc4ccccc4c3)C23CC[C@]1(CC)O3. The summed E-state index contributed by atoms with van der Waals surface area (Å²) in [6.07, 6.45) is 6.50. The molecule has 5 atom stereocenters. The third-order valence-electron chi connectivity index (χ3n) is 9.16. The van der Waals surface area contributed by atoms with Crippen LogP contribution in [-0.4, -0.2) is 71.3 Å². The lowest BCUT2D eigenvalue weighted by Gasteiger charge is -2.37. The molecule has 2 aromatic rings. The van der Waals surface area contributed by atoms with Crippen LogP contribution >= 0.6 is 0 Å². The van der Waals surface area contributed by atoms with Gasteiger partial charge in [-0.25, -0.2) is 0 Å². The van der Waals surface area contributed by atoms with Gasteiger partial charge in [0.2, 0.25) is 5.91 Å². The van der Waals surface area contributed by atoms with Crippen LogP contribution in [0, 0.1) is 11.8 Å². The molecule has 3 aliphatic rings. The number of carbonyl (C=O) groups excluding carboxylic acids is 3. The van der Waals surface area contributed by atoms with Gasteiger partial charge in [-0.1, -0.05) is 49.4 Å². The number of fused-ring (bicyclic) bond motifs is 2. The molecule has 8 nitrogen and oxygen atoms in total. The molecule has 3 saturated heterocycles. The van der Waals surface area contributed by atoms with Gasteiger partial charge in [-0.05, 0) is 61.4 Å². The number of ether oxygens (including phenoxy) is 2. The Morgan fingerprint density at radius 1 is 1.15 bits per heavy atom. The Labute approximate surface area is 241 Å². The highest BCUT2D eigenvalue weighted by Crippen LogP contribution is 2.64. The van der Waals surface area contributed by atoms with Crippen molar-refractivity contribution < 1.29 is 29.0 Å².